The number of benzene rings is 2. The standard InChI is InChI=1S/C21H25BrN2O4S/c1-3-4-11-28-19-10-5-15(22)14-18(19)20(25)24-21(29)23-16-6-8-17(9-7-16)27-13-12-26-2/h5-10,14H,3-4,11-13H2,1-2H3,(H2,23,24,25,29). The molecule has 0 unspecified atom stereocenters. The van der Waals surface area contributed by atoms with Crippen molar-refractivity contribution in [3.63, 3.8) is 0 Å². The molecule has 0 spiro atoms. The van der Waals surface area contributed by atoms with E-state index < -0.39 is 0 Å². The number of thiocarbonyl (C=S) groups is 1. The van der Waals surface area contributed by atoms with Crippen molar-refractivity contribution in [1.82, 2.24) is 5.32 Å². The summed E-state index contributed by atoms with van der Waals surface area (Å²) in [6.45, 7) is 3.64. The molecular formula is C21H25BrN2O4S. The second-order valence-electron chi connectivity index (χ2n) is 6.12. The minimum absolute atomic E-state index is 0.197. The number of carbonyl (C=O) groups is 1. The van der Waals surface area contributed by atoms with Gasteiger partial charge in [-0.2, -0.15) is 0 Å². The van der Waals surface area contributed by atoms with Crippen molar-refractivity contribution in [2.24, 2.45) is 0 Å². The molecule has 2 rings (SSSR count). The van der Waals surface area contributed by atoms with Crippen LogP contribution in [0, 0.1) is 0 Å². The first-order chi connectivity index (χ1) is 14.0. The molecule has 0 aliphatic carbocycles. The first-order valence-corrected chi connectivity index (χ1v) is 10.5. The highest BCUT2D eigenvalue weighted by atomic mass is 79.9. The van der Waals surface area contributed by atoms with E-state index in [2.05, 4.69) is 33.5 Å². The topological polar surface area (TPSA) is 68.8 Å². The highest BCUT2D eigenvalue weighted by molar-refractivity contribution is 9.10. The fraction of sp³-hybridized carbons (Fsp3) is 0.333. The van der Waals surface area contributed by atoms with Crippen LogP contribution in [-0.4, -0.2) is 38.0 Å². The van der Waals surface area contributed by atoms with E-state index in [1.165, 1.54) is 0 Å². The van der Waals surface area contributed by atoms with Gasteiger partial charge in [0, 0.05) is 17.3 Å². The molecule has 0 bridgehead atoms. The van der Waals surface area contributed by atoms with Gasteiger partial charge in [-0.05, 0) is 61.1 Å². The number of amides is 1. The predicted molar refractivity (Wildman–Crippen MR) is 122 cm³/mol. The second kappa shape index (κ2) is 12.4. The minimum atomic E-state index is -0.338. The maximum absolute atomic E-state index is 12.7. The zero-order valence-corrected chi connectivity index (χ0v) is 18.9. The summed E-state index contributed by atoms with van der Waals surface area (Å²) >= 11 is 8.66. The van der Waals surface area contributed by atoms with Gasteiger partial charge in [0.15, 0.2) is 5.11 Å². The van der Waals surface area contributed by atoms with E-state index in [0.29, 0.717) is 31.1 Å². The van der Waals surface area contributed by atoms with Crippen LogP contribution < -0.4 is 20.1 Å². The smallest absolute Gasteiger partial charge is 0.261 e. The SMILES string of the molecule is CCCCOc1ccc(Br)cc1C(=O)NC(=S)Nc1ccc(OCCOC)cc1. The van der Waals surface area contributed by atoms with Crippen molar-refractivity contribution >= 4 is 44.9 Å². The molecule has 0 heterocycles. The fourth-order valence-corrected chi connectivity index (χ4v) is 2.91. The number of unbranched alkanes of at least 4 members (excludes halogenated alkanes) is 1. The number of nitrogens with one attached hydrogen (secondary N) is 2. The van der Waals surface area contributed by atoms with E-state index in [-0.39, 0.29) is 11.0 Å². The summed E-state index contributed by atoms with van der Waals surface area (Å²) in [4.78, 5) is 12.7. The first kappa shape index (κ1) is 23.1. The molecule has 0 radical (unpaired) electrons. The zero-order chi connectivity index (χ0) is 21.1. The summed E-state index contributed by atoms with van der Waals surface area (Å²) < 4.78 is 17.0. The van der Waals surface area contributed by atoms with Crippen LogP contribution in [0.25, 0.3) is 0 Å². The van der Waals surface area contributed by atoms with Crippen molar-refractivity contribution in [2.75, 3.05) is 32.2 Å². The van der Waals surface area contributed by atoms with Crippen molar-refractivity contribution in [1.29, 1.82) is 0 Å². The number of rotatable bonds is 10. The summed E-state index contributed by atoms with van der Waals surface area (Å²) in [5.41, 5.74) is 1.16. The predicted octanol–water partition coefficient (Wildman–Crippen LogP) is 4.78. The molecule has 0 aliphatic heterocycles. The van der Waals surface area contributed by atoms with Crippen molar-refractivity contribution in [3.8, 4) is 11.5 Å². The van der Waals surface area contributed by atoms with Crippen LogP contribution in [-0.2, 0) is 4.74 Å². The highest BCUT2D eigenvalue weighted by Crippen LogP contribution is 2.24. The number of anilines is 1. The van der Waals surface area contributed by atoms with E-state index in [1.807, 2.05) is 30.3 Å². The Hall–Kier alpha value is -2.16. The lowest BCUT2D eigenvalue weighted by Gasteiger charge is -2.14. The minimum Gasteiger partial charge on any atom is -0.493 e. The van der Waals surface area contributed by atoms with Crippen LogP contribution in [0.2, 0.25) is 0 Å². The Kier molecular flexibility index (Phi) is 9.90. The molecule has 2 aromatic rings. The van der Waals surface area contributed by atoms with Gasteiger partial charge in [0.05, 0.1) is 18.8 Å². The van der Waals surface area contributed by atoms with Crippen molar-refractivity contribution in [2.45, 2.75) is 19.8 Å². The van der Waals surface area contributed by atoms with Crippen LogP contribution in [0.1, 0.15) is 30.1 Å². The Labute approximate surface area is 185 Å². The molecule has 1 amide bonds. The van der Waals surface area contributed by atoms with E-state index in [1.54, 1.807) is 19.2 Å². The molecule has 2 aromatic carbocycles. The van der Waals surface area contributed by atoms with Crippen LogP contribution in [0.4, 0.5) is 5.69 Å². The molecule has 0 aromatic heterocycles. The van der Waals surface area contributed by atoms with E-state index in [4.69, 9.17) is 26.4 Å². The summed E-state index contributed by atoms with van der Waals surface area (Å²) in [6, 6.07) is 12.6. The normalized spacial score (nSPS) is 10.3. The largest absolute Gasteiger partial charge is 0.493 e. The molecule has 0 aliphatic rings. The molecule has 0 saturated heterocycles. The van der Waals surface area contributed by atoms with E-state index in [0.717, 1.165) is 28.8 Å². The van der Waals surface area contributed by atoms with E-state index >= 15 is 0 Å². The van der Waals surface area contributed by atoms with Gasteiger partial charge >= 0.3 is 0 Å². The van der Waals surface area contributed by atoms with Gasteiger partial charge in [-0.15, -0.1) is 0 Å². The molecular weight excluding hydrogens is 456 g/mol. The number of hydrogen-bond donors (Lipinski definition) is 2. The molecule has 29 heavy (non-hydrogen) atoms. The van der Waals surface area contributed by atoms with Crippen LogP contribution in [0.5, 0.6) is 11.5 Å². The molecule has 0 fully saturated rings. The molecule has 156 valence electrons. The average Bonchev–Trinajstić information content (AvgIpc) is 2.70. The number of halogens is 1. The fourth-order valence-electron chi connectivity index (χ4n) is 2.34. The zero-order valence-electron chi connectivity index (χ0n) is 16.5. The number of carbonyl (C=O) groups excluding carboxylic acids is 1. The van der Waals surface area contributed by atoms with Gasteiger partial charge in [0.2, 0.25) is 0 Å². The summed E-state index contributed by atoms with van der Waals surface area (Å²) in [7, 11) is 1.63. The van der Waals surface area contributed by atoms with Crippen LogP contribution >= 0.6 is 28.1 Å². The third-order valence-electron chi connectivity index (χ3n) is 3.84. The van der Waals surface area contributed by atoms with Gasteiger partial charge in [-0.1, -0.05) is 29.3 Å². The molecule has 2 N–H and O–H groups in total. The number of hydrogen-bond acceptors (Lipinski definition) is 5. The van der Waals surface area contributed by atoms with Crippen molar-refractivity contribution in [3.05, 3.63) is 52.5 Å². The maximum Gasteiger partial charge on any atom is 0.261 e. The summed E-state index contributed by atoms with van der Waals surface area (Å²) in [5.74, 6) is 0.917. The van der Waals surface area contributed by atoms with Gasteiger partial charge in [-0.25, -0.2) is 0 Å². The van der Waals surface area contributed by atoms with Crippen molar-refractivity contribution < 1.29 is 19.0 Å². The van der Waals surface area contributed by atoms with E-state index in [9.17, 15) is 4.79 Å². The van der Waals surface area contributed by atoms with Gasteiger partial charge < -0.3 is 19.5 Å². The third-order valence-corrected chi connectivity index (χ3v) is 4.53. The molecule has 6 nitrogen and oxygen atoms in total. The summed E-state index contributed by atoms with van der Waals surface area (Å²) in [6.07, 6.45) is 1.94. The number of ether oxygens (including phenoxy) is 3. The first-order valence-electron chi connectivity index (χ1n) is 9.30. The van der Waals surface area contributed by atoms with Crippen LogP contribution in [0.3, 0.4) is 0 Å². The number of methoxy groups -OCH3 is 1. The van der Waals surface area contributed by atoms with Gasteiger partial charge in [-0.3, -0.25) is 10.1 Å². The molecule has 0 atom stereocenters. The van der Waals surface area contributed by atoms with Gasteiger partial charge in [0.1, 0.15) is 18.1 Å². The third kappa shape index (κ3) is 8.00. The lowest BCUT2D eigenvalue weighted by molar-refractivity contribution is 0.0973. The summed E-state index contributed by atoms with van der Waals surface area (Å²) in [5, 5.41) is 5.88. The lowest BCUT2D eigenvalue weighted by Crippen LogP contribution is -2.34. The molecule has 0 saturated carbocycles. The Morgan fingerprint density at radius 1 is 1.07 bits per heavy atom. The van der Waals surface area contributed by atoms with Gasteiger partial charge in [0.25, 0.3) is 5.91 Å². The highest BCUT2D eigenvalue weighted by Gasteiger charge is 2.15. The Balaban J connectivity index is 1.95. The Morgan fingerprint density at radius 2 is 1.83 bits per heavy atom. The Morgan fingerprint density at radius 3 is 2.52 bits per heavy atom. The quantitative estimate of drug-likeness (QED) is 0.376. The second-order valence-corrected chi connectivity index (χ2v) is 7.44. The Bertz CT molecular complexity index is 815. The monoisotopic (exact) mass is 480 g/mol. The lowest BCUT2D eigenvalue weighted by atomic mass is 10.2. The molecule has 8 heteroatoms. The average molecular weight is 481 g/mol. The maximum atomic E-state index is 12.7. The van der Waals surface area contributed by atoms with Crippen LogP contribution in [0.15, 0.2) is 46.9 Å².